The molecule has 0 saturated carbocycles. The van der Waals surface area contributed by atoms with Crippen LogP contribution in [0, 0.1) is 5.82 Å². The summed E-state index contributed by atoms with van der Waals surface area (Å²) >= 11 is 1.29. The minimum atomic E-state index is -0.377. The van der Waals surface area contributed by atoms with E-state index in [-0.39, 0.29) is 11.6 Å². The number of hydrogen-bond donors (Lipinski definition) is 1. The van der Waals surface area contributed by atoms with Gasteiger partial charge in [-0.3, -0.25) is 0 Å². The summed E-state index contributed by atoms with van der Waals surface area (Å²) in [7, 11) is 2.97. The van der Waals surface area contributed by atoms with Crippen molar-refractivity contribution >= 4 is 11.8 Å². The van der Waals surface area contributed by atoms with Crippen LogP contribution in [-0.2, 0) is 6.42 Å². The zero-order valence-electron chi connectivity index (χ0n) is 9.67. The number of methoxy groups -OCH3 is 2. The molecule has 0 aliphatic rings. The summed E-state index contributed by atoms with van der Waals surface area (Å²) in [6.45, 7) is 0.442. The number of hydrogen-bond acceptors (Lipinski definition) is 4. The van der Waals surface area contributed by atoms with Crippen LogP contribution in [0.15, 0.2) is 11.0 Å². The molecule has 1 aromatic rings. The van der Waals surface area contributed by atoms with Crippen LogP contribution >= 0.6 is 11.8 Å². The summed E-state index contributed by atoms with van der Waals surface area (Å²) in [5.41, 5.74) is 6.21. The fraction of sp³-hybridized carbons (Fsp3) is 0.455. The number of ether oxygens (including phenoxy) is 2. The molecule has 0 aliphatic heterocycles. The third-order valence-electron chi connectivity index (χ3n) is 2.26. The highest BCUT2D eigenvalue weighted by atomic mass is 32.2. The highest BCUT2D eigenvalue weighted by molar-refractivity contribution is 7.98. The zero-order valence-corrected chi connectivity index (χ0v) is 10.5. The molecule has 90 valence electrons. The Morgan fingerprint density at radius 2 is 2.06 bits per heavy atom. The van der Waals surface area contributed by atoms with E-state index in [1.165, 1.54) is 26.0 Å². The smallest absolute Gasteiger partial charge is 0.182 e. The van der Waals surface area contributed by atoms with Crippen molar-refractivity contribution < 1.29 is 13.9 Å². The number of nitrogens with two attached hydrogens (primary N) is 1. The highest BCUT2D eigenvalue weighted by Gasteiger charge is 2.18. The molecule has 16 heavy (non-hydrogen) atoms. The van der Waals surface area contributed by atoms with Gasteiger partial charge in [-0.2, -0.15) is 0 Å². The molecule has 5 heteroatoms. The molecule has 1 aromatic carbocycles. The third-order valence-corrected chi connectivity index (χ3v) is 3.05. The van der Waals surface area contributed by atoms with Gasteiger partial charge in [-0.1, -0.05) is 0 Å². The summed E-state index contributed by atoms with van der Waals surface area (Å²) in [6, 6.07) is 1.78. The van der Waals surface area contributed by atoms with Crippen LogP contribution in [0.5, 0.6) is 11.5 Å². The monoisotopic (exact) mass is 245 g/mol. The third kappa shape index (κ3) is 2.41. The summed E-state index contributed by atoms with van der Waals surface area (Å²) in [5, 5.41) is 0. The Morgan fingerprint density at radius 3 is 2.50 bits per heavy atom. The second-order valence-electron chi connectivity index (χ2n) is 3.16. The minimum absolute atomic E-state index is 0.260. The molecule has 0 spiro atoms. The Morgan fingerprint density at radius 1 is 1.38 bits per heavy atom. The SMILES string of the molecule is COc1cc(CCN)c(OC)c(F)c1SC. The molecule has 0 aromatic heterocycles. The van der Waals surface area contributed by atoms with Gasteiger partial charge < -0.3 is 15.2 Å². The summed E-state index contributed by atoms with van der Waals surface area (Å²) in [4.78, 5) is 0.458. The maximum atomic E-state index is 14.0. The molecule has 0 radical (unpaired) electrons. The molecule has 0 atom stereocenters. The number of rotatable bonds is 5. The van der Waals surface area contributed by atoms with E-state index in [0.717, 1.165) is 5.56 Å². The van der Waals surface area contributed by atoms with Crippen molar-refractivity contribution in [2.24, 2.45) is 5.73 Å². The van der Waals surface area contributed by atoms with Crippen molar-refractivity contribution in [3.05, 3.63) is 17.4 Å². The van der Waals surface area contributed by atoms with Crippen LogP contribution in [0.25, 0.3) is 0 Å². The summed E-state index contributed by atoms with van der Waals surface area (Å²) < 4.78 is 24.3. The lowest BCUT2D eigenvalue weighted by Crippen LogP contribution is -2.06. The second kappa shape index (κ2) is 5.96. The van der Waals surface area contributed by atoms with Crippen molar-refractivity contribution in [2.45, 2.75) is 11.3 Å². The normalized spacial score (nSPS) is 10.3. The first-order valence-electron chi connectivity index (χ1n) is 4.87. The van der Waals surface area contributed by atoms with Gasteiger partial charge >= 0.3 is 0 Å². The number of benzene rings is 1. The fourth-order valence-corrected chi connectivity index (χ4v) is 2.16. The van der Waals surface area contributed by atoms with Gasteiger partial charge in [0, 0.05) is 5.56 Å². The molecule has 0 fully saturated rings. The summed E-state index contributed by atoms with van der Waals surface area (Å²) in [5.74, 6) is 0.405. The second-order valence-corrected chi connectivity index (χ2v) is 3.97. The zero-order chi connectivity index (χ0) is 12.1. The Bertz CT molecular complexity index is 371. The Kier molecular flexibility index (Phi) is 4.89. The van der Waals surface area contributed by atoms with Gasteiger partial charge in [0.05, 0.1) is 19.1 Å². The maximum absolute atomic E-state index is 14.0. The minimum Gasteiger partial charge on any atom is -0.495 e. The molecule has 2 N–H and O–H groups in total. The topological polar surface area (TPSA) is 44.5 Å². The fourth-order valence-electron chi connectivity index (χ4n) is 1.55. The first-order valence-corrected chi connectivity index (χ1v) is 6.09. The molecular formula is C11H16FNO2S. The summed E-state index contributed by atoms with van der Waals surface area (Å²) in [6.07, 6.45) is 2.36. The Hall–Kier alpha value is -0.940. The van der Waals surface area contributed by atoms with Crippen LogP contribution < -0.4 is 15.2 Å². The van der Waals surface area contributed by atoms with Crippen molar-refractivity contribution in [3.63, 3.8) is 0 Å². The van der Waals surface area contributed by atoms with Gasteiger partial charge in [-0.05, 0) is 25.3 Å². The maximum Gasteiger partial charge on any atom is 0.182 e. The average molecular weight is 245 g/mol. The molecule has 0 bridgehead atoms. The molecule has 0 unspecified atom stereocenters. The van der Waals surface area contributed by atoms with Crippen LogP contribution in [0.1, 0.15) is 5.56 Å². The van der Waals surface area contributed by atoms with Gasteiger partial charge in [0.1, 0.15) is 5.75 Å². The van der Waals surface area contributed by atoms with Crippen LogP contribution in [0.4, 0.5) is 4.39 Å². The first kappa shape index (κ1) is 13.1. The lowest BCUT2D eigenvalue weighted by atomic mass is 10.1. The molecular weight excluding hydrogens is 229 g/mol. The van der Waals surface area contributed by atoms with Crippen molar-refractivity contribution in [1.29, 1.82) is 0 Å². The van der Waals surface area contributed by atoms with Crippen LogP contribution in [0.2, 0.25) is 0 Å². The molecule has 1 rings (SSSR count). The van der Waals surface area contributed by atoms with Crippen molar-refractivity contribution in [2.75, 3.05) is 27.0 Å². The van der Waals surface area contributed by atoms with Crippen molar-refractivity contribution in [1.82, 2.24) is 0 Å². The quantitative estimate of drug-likeness (QED) is 0.807. The molecule has 0 aliphatic carbocycles. The van der Waals surface area contributed by atoms with Crippen LogP contribution in [-0.4, -0.2) is 27.0 Å². The number of halogens is 1. The predicted octanol–water partition coefficient (Wildman–Crippen LogP) is 2.07. The molecule has 3 nitrogen and oxygen atoms in total. The van der Waals surface area contributed by atoms with Gasteiger partial charge in [0.25, 0.3) is 0 Å². The molecule has 0 heterocycles. The molecule has 0 saturated heterocycles. The lowest BCUT2D eigenvalue weighted by Gasteiger charge is -2.14. The van der Waals surface area contributed by atoms with E-state index in [9.17, 15) is 4.39 Å². The van der Waals surface area contributed by atoms with Gasteiger partial charge in [0.2, 0.25) is 0 Å². The average Bonchev–Trinajstić information content (AvgIpc) is 2.29. The Balaban J connectivity index is 3.35. The van der Waals surface area contributed by atoms with Gasteiger partial charge in [0.15, 0.2) is 11.6 Å². The number of thioether (sulfide) groups is 1. The molecule has 0 amide bonds. The Labute approximate surface area is 99.1 Å². The van der Waals surface area contributed by atoms with Crippen molar-refractivity contribution in [3.8, 4) is 11.5 Å². The lowest BCUT2D eigenvalue weighted by molar-refractivity contribution is 0.360. The van der Waals surface area contributed by atoms with Crippen LogP contribution in [0.3, 0.4) is 0 Å². The van der Waals surface area contributed by atoms with Gasteiger partial charge in [-0.25, -0.2) is 4.39 Å². The van der Waals surface area contributed by atoms with E-state index < -0.39 is 0 Å². The van der Waals surface area contributed by atoms with E-state index >= 15 is 0 Å². The standard InChI is InChI=1S/C11H16FNO2S/c1-14-8-6-7(4-5-13)10(15-2)9(12)11(8)16-3/h6H,4-5,13H2,1-3H3. The van der Waals surface area contributed by atoms with E-state index in [1.807, 2.05) is 0 Å². The van der Waals surface area contributed by atoms with E-state index in [1.54, 1.807) is 12.3 Å². The van der Waals surface area contributed by atoms with Gasteiger partial charge in [-0.15, -0.1) is 11.8 Å². The first-order chi connectivity index (χ1) is 7.69. The largest absolute Gasteiger partial charge is 0.495 e. The van der Waals surface area contributed by atoms with E-state index in [4.69, 9.17) is 15.2 Å². The predicted molar refractivity (Wildman–Crippen MR) is 64.0 cm³/mol. The highest BCUT2D eigenvalue weighted by Crippen LogP contribution is 2.38. The van der Waals surface area contributed by atoms with E-state index in [2.05, 4.69) is 0 Å². The van der Waals surface area contributed by atoms with E-state index in [0.29, 0.717) is 23.6 Å².